The van der Waals surface area contributed by atoms with Gasteiger partial charge in [0.2, 0.25) is 0 Å². The van der Waals surface area contributed by atoms with E-state index in [-0.39, 0.29) is 0 Å². The van der Waals surface area contributed by atoms with Gasteiger partial charge in [-0.25, -0.2) is 18.3 Å². The van der Waals surface area contributed by atoms with Crippen LogP contribution in [0.3, 0.4) is 0 Å². The minimum Gasteiger partial charge on any atom is -0.387 e. The molecule has 26 heavy (non-hydrogen) atoms. The molecule has 0 amide bonds. The van der Waals surface area contributed by atoms with Crippen LogP contribution >= 0.6 is 31.3 Å². The summed E-state index contributed by atoms with van der Waals surface area (Å²) < 4.78 is 63.4. The van der Waals surface area contributed by atoms with Crippen LogP contribution in [0.5, 0.6) is 0 Å². The summed E-state index contributed by atoms with van der Waals surface area (Å²) in [6.45, 7) is -0.987. The van der Waals surface area contributed by atoms with E-state index in [4.69, 9.17) is 24.5 Å². The summed E-state index contributed by atoms with van der Waals surface area (Å²) >= 11 is 0. The van der Waals surface area contributed by atoms with Crippen LogP contribution in [0.4, 0.5) is 0 Å². The van der Waals surface area contributed by atoms with E-state index in [1.165, 1.54) is 0 Å². The SMILES string of the molecule is O=P(O)(O)OC[C@H]1O[C@H](OP(=O)(O)OP(=O)(O)OP(=O)(O)O)[C@H](O)[C@@H]1O. The monoisotopic (exact) mass is 470 g/mol. The number of phosphoric acid groups is 4. The highest BCUT2D eigenvalue weighted by molar-refractivity contribution is 7.66. The maximum absolute atomic E-state index is 11.6. The minimum atomic E-state index is -5.81. The first-order valence-electron chi connectivity index (χ1n) is 5.95. The highest BCUT2D eigenvalue weighted by atomic mass is 31.3. The van der Waals surface area contributed by atoms with Crippen molar-refractivity contribution in [1.29, 1.82) is 0 Å². The predicted octanol–water partition coefficient (Wildman–Crippen LogP) is -2.11. The summed E-state index contributed by atoms with van der Waals surface area (Å²) in [6.07, 6.45) is -7.92. The number of aliphatic hydroxyl groups excluding tert-OH is 2. The zero-order chi connectivity index (χ0) is 20.6. The van der Waals surface area contributed by atoms with Crippen molar-refractivity contribution in [1.82, 2.24) is 0 Å². The van der Waals surface area contributed by atoms with E-state index in [1.54, 1.807) is 0 Å². The second kappa shape index (κ2) is 8.41. The van der Waals surface area contributed by atoms with Gasteiger partial charge in [-0.1, -0.05) is 0 Å². The Morgan fingerprint density at radius 3 is 1.77 bits per heavy atom. The molecule has 156 valence electrons. The number of hydrogen-bond acceptors (Lipinski definition) is 11. The summed E-state index contributed by atoms with van der Waals surface area (Å²) in [7, 11) is -22.0. The van der Waals surface area contributed by atoms with Crippen LogP contribution in [0, 0.1) is 0 Å². The third-order valence-electron chi connectivity index (χ3n) is 2.38. The van der Waals surface area contributed by atoms with Crippen LogP contribution in [-0.2, 0) is 40.7 Å². The van der Waals surface area contributed by atoms with E-state index in [2.05, 4.69) is 22.4 Å². The standard InChI is InChI=1S/C5H14O17P4/c6-3-2(1-18-23(8,9)10)19-5(4(3)7)20-25(14,15)22-26(16,17)21-24(11,12)13/h2-7H,1H2,(H,14,15)(H,16,17)(H2,8,9,10)(H2,11,12,13)/t2-,3-,4-,5-/m1/s1. The molecule has 0 spiro atoms. The molecule has 0 aromatic carbocycles. The van der Waals surface area contributed by atoms with E-state index in [0.717, 1.165) is 0 Å². The van der Waals surface area contributed by atoms with Crippen molar-refractivity contribution in [3.05, 3.63) is 0 Å². The fraction of sp³-hybridized carbons (Fsp3) is 1.00. The molecule has 0 aromatic heterocycles. The molecule has 0 radical (unpaired) electrons. The van der Waals surface area contributed by atoms with Gasteiger partial charge in [-0.15, -0.1) is 0 Å². The van der Waals surface area contributed by atoms with Crippen molar-refractivity contribution < 1.29 is 80.2 Å². The fourth-order valence-electron chi connectivity index (χ4n) is 1.54. The number of rotatable bonds is 9. The normalized spacial score (nSPS) is 32.2. The van der Waals surface area contributed by atoms with Crippen LogP contribution in [0.25, 0.3) is 0 Å². The molecule has 0 bridgehead atoms. The average molecular weight is 470 g/mol. The van der Waals surface area contributed by atoms with Crippen molar-refractivity contribution in [2.75, 3.05) is 6.61 Å². The molecule has 1 fully saturated rings. The molecular weight excluding hydrogens is 456 g/mol. The maximum atomic E-state index is 11.6. The van der Waals surface area contributed by atoms with Gasteiger partial charge in [-0.05, 0) is 0 Å². The zero-order valence-electron chi connectivity index (χ0n) is 12.1. The van der Waals surface area contributed by atoms with Crippen LogP contribution in [-0.4, -0.2) is 70.8 Å². The second-order valence-corrected chi connectivity index (χ2v) is 10.1. The molecule has 1 aliphatic heterocycles. The Kier molecular flexibility index (Phi) is 7.91. The average Bonchev–Trinajstić information content (AvgIpc) is 2.58. The molecule has 1 rings (SSSR count). The van der Waals surface area contributed by atoms with Gasteiger partial charge in [0.05, 0.1) is 6.61 Å². The van der Waals surface area contributed by atoms with Gasteiger partial charge in [0.15, 0.2) is 6.29 Å². The summed E-state index contributed by atoms with van der Waals surface area (Å²) in [5.74, 6) is 0. The summed E-state index contributed by atoms with van der Waals surface area (Å²) in [5.41, 5.74) is 0. The van der Waals surface area contributed by atoms with E-state index >= 15 is 0 Å². The molecule has 2 unspecified atom stereocenters. The van der Waals surface area contributed by atoms with E-state index < -0.39 is 62.5 Å². The fourth-order valence-corrected chi connectivity index (χ4v) is 4.98. The molecule has 1 saturated heterocycles. The summed E-state index contributed by atoms with van der Waals surface area (Å²) in [6, 6.07) is 0. The zero-order valence-corrected chi connectivity index (χ0v) is 15.6. The number of ether oxygens (including phenoxy) is 1. The number of phosphoric ester groups is 2. The molecule has 17 nitrogen and oxygen atoms in total. The first-order valence-corrected chi connectivity index (χ1v) is 12.0. The van der Waals surface area contributed by atoms with Crippen molar-refractivity contribution in [3.8, 4) is 0 Å². The molecule has 0 saturated carbocycles. The third kappa shape index (κ3) is 8.61. The molecule has 0 aliphatic carbocycles. The van der Waals surface area contributed by atoms with Gasteiger partial charge in [-0.3, -0.25) is 9.05 Å². The van der Waals surface area contributed by atoms with Gasteiger partial charge in [0.25, 0.3) is 0 Å². The summed E-state index contributed by atoms with van der Waals surface area (Å²) in [4.78, 5) is 52.0. The Hall–Kier alpha value is 0.400. The van der Waals surface area contributed by atoms with Gasteiger partial charge < -0.3 is 44.3 Å². The molecule has 6 atom stereocenters. The quantitative estimate of drug-likeness (QED) is 0.167. The Morgan fingerprint density at radius 1 is 0.769 bits per heavy atom. The van der Waals surface area contributed by atoms with Crippen LogP contribution in [0.1, 0.15) is 0 Å². The highest BCUT2D eigenvalue weighted by Gasteiger charge is 2.49. The molecular formula is C5H14O17P4. The molecule has 0 aromatic rings. The highest BCUT2D eigenvalue weighted by Crippen LogP contribution is 2.66. The molecule has 1 aliphatic rings. The predicted molar refractivity (Wildman–Crippen MR) is 73.6 cm³/mol. The van der Waals surface area contributed by atoms with Crippen molar-refractivity contribution in [2.45, 2.75) is 24.6 Å². The first-order chi connectivity index (χ1) is 11.4. The van der Waals surface area contributed by atoms with Crippen molar-refractivity contribution >= 4 is 31.3 Å². The van der Waals surface area contributed by atoms with E-state index in [9.17, 15) is 33.4 Å². The van der Waals surface area contributed by atoms with Crippen LogP contribution < -0.4 is 0 Å². The van der Waals surface area contributed by atoms with Gasteiger partial charge in [0, 0.05) is 0 Å². The largest absolute Gasteiger partial charge is 0.490 e. The lowest BCUT2D eigenvalue weighted by molar-refractivity contribution is -0.125. The van der Waals surface area contributed by atoms with Crippen molar-refractivity contribution in [2.24, 2.45) is 0 Å². The van der Waals surface area contributed by atoms with Gasteiger partial charge in [-0.2, -0.15) is 8.62 Å². The Morgan fingerprint density at radius 2 is 1.31 bits per heavy atom. The van der Waals surface area contributed by atoms with E-state index in [0.29, 0.717) is 0 Å². The van der Waals surface area contributed by atoms with Crippen LogP contribution in [0.2, 0.25) is 0 Å². The lowest BCUT2D eigenvalue weighted by Crippen LogP contribution is -2.34. The minimum absolute atomic E-state index is 0.987. The maximum Gasteiger partial charge on any atom is 0.490 e. The third-order valence-corrected chi connectivity index (χ3v) is 6.67. The second-order valence-electron chi connectivity index (χ2n) is 4.51. The van der Waals surface area contributed by atoms with Gasteiger partial charge in [0.1, 0.15) is 18.3 Å². The number of hydrogen-bond donors (Lipinski definition) is 8. The van der Waals surface area contributed by atoms with Crippen molar-refractivity contribution in [3.63, 3.8) is 0 Å². The lowest BCUT2D eigenvalue weighted by Gasteiger charge is -2.20. The first kappa shape index (κ1) is 24.4. The van der Waals surface area contributed by atoms with Gasteiger partial charge >= 0.3 is 31.3 Å². The Labute approximate surface area is 143 Å². The van der Waals surface area contributed by atoms with Crippen LogP contribution in [0.15, 0.2) is 0 Å². The molecule has 1 heterocycles. The topological polar surface area (TPSA) is 276 Å². The smallest absolute Gasteiger partial charge is 0.387 e. The Balaban J connectivity index is 2.74. The van der Waals surface area contributed by atoms with E-state index in [1.807, 2.05) is 0 Å². The lowest BCUT2D eigenvalue weighted by atomic mass is 10.1. The molecule has 8 N–H and O–H groups in total. The molecule has 21 heteroatoms. The number of aliphatic hydroxyl groups is 2. The Bertz CT molecular complexity index is 677. The summed E-state index contributed by atoms with van der Waals surface area (Å²) in [5, 5.41) is 19.2.